The molecule has 8 heteroatoms. The second kappa shape index (κ2) is 11.9. The van der Waals surface area contributed by atoms with Crippen LogP contribution in [0, 0.1) is 0 Å². The van der Waals surface area contributed by atoms with Crippen molar-refractivity contribution in [2.45, 2.75) is 66.5 Å². The predicted octanol–water partition coefficient (Wildman–Crippen LogP) is 4.81. The van der Waals surface area contributed by atoms with Crippen molar-refractivity contribution >= 4 is 11.2 Å². The molecule has 0 N–H and O–H groups in total. The molecule has 0 atom stereocenters. The van der Waals surface area contributed by atoms with Gasteiger partial charge in [0.2, 0.25) is 0 Å². The molecule has 2 aromatic heterocycles. The van der Waals surface area contributed by atoms with E-state index >= 15 is 0 Å². The number of rotatable bonds is 12. The van der Waals surface area contributed by atoms with Gasteiger partial charge in [-0.05, 0) is 49.1 Å². The Balaban J connectivity index is 1.78. The maximum Gasteiger partial charge on any atom is 0.332 e. The van der Waals surface area contributed by atoms with Gasteiger partial charge in [0.1, 0.15) is 24.9 Å². The molecule has 0 amide bonds. The first kappa shape index (κ1) is 25.4. The summed E-state index contributed by atoms with van der Waals surface area (Å²) < 4.78 is 16.5. The molecule has 0 saturated carbocycles. The SMILES string of the molecule is CCCOCn1c(-c2ccc(OCc3ccccc3)cc2)nc2c1c(=O)n(CCC)c(=O)n2CCC. The molecular weight excluding hydrogens is 456 g/mol. The molecule has 2 aromatic carbocycles. The maximum atomic E-state index is 13.5. The molecular formula is C28H34N4O4. The largest absolute Gasteiger partial charge is 0.489 e. The van der Waals surface area contributed by atoms with Crippen molar-refractivity contribution in [3.63, 3.8) is 0 Å². The molecule has 4 rings (SSSR count). The number of aryl methyl sites for hydroxylation is 1. The topological polar surface area (TPSA) is 80.3 Å². The first-order valence-corrected chi connectivity index (χ1v) is 12.7. The molecule has 8 nitrogen and oxygen atoms in total. The lowest BCUT2D eigenvalue weighted by atomic mass is 10.2. The Bertz CT molecular complexity index is 1400. The van der Waals surface area contributed by atoms with Gasteiger partial charge in [0.05, 0.1) is 0 Å². The summed E-state index contributed by atoms with van der Waals surface area (Å²) in [6, 6.07) is 17.6. The van der Waals surface area contributed by atoms with Crippen LogP contribution in [0.2, 0.25) is 0 Å². The molecule has 0 bridgehead atoms. The Hall–Kier alpha value is -3.65. The van der Waals surface area contributed by atoms with Crippen molar-refractivity contribution in [2.75, 3.05) is 6.61 Å². The van der Waals surface area contributed by atoms with E-state index in [0.717, 1.165) is 29.7 Å². The van der Waals surface area contributed by atoms with Gasteiger partial charge in [-0.3, -0.25) is 18.5 Å². The average Bonchev–Trinajstić information content (AvgIpc) is 3.28. The van der Waals surface area contributed by atoms with Gasteiger partial charge in [-0.25, -0.2) is 9.78 Å². The molecule has 0 aliphatic carbocycles. The third kappa shape index (κ3) is 5.28. The lowest BCUT2D eigenvalue weighted by Crippen LogP contribution is -2.40. The lowest BCUT2D eigenvalue weighted by Gasteiger charge is -2.12. The zero-order valence-electron chi connectivity index (χ0n) is 21.3. The average molecular weight is 491 g/mol. The van der Waals surface area contributed by atoms with Gasteiger partial charge in [0.15, 0.2) is 11.2 Å². The van der Waals surface area contributed by atoms with Crippen LogP contribution in [0.4, 0.5) is 0 Å². The summed E-state index contributed by atoms with van der Waals surface area (Å²) in [6.45, 7) is 8.05. The van der Waals surface area contributed by atoms with E-state index in [2.05, 4.69) is 0 Å². The first-order chi connectivity index (χ1) is 17.6. The second-order valence-electron chi connectivity index (χ2n) is 8.76. The van der Waals surface area contributed by atoms with Crippen molar-refractivity contribution in [1.29, 1.82) is 0 Å². The summed E-state index contributed by atoms with van der Waals surface area (Å²) in [5, 5.41) is 0. The van der Waals surface area contributed by atoms with Crippen LogP contribution >= 0.6 is 0 Å². The van der Waals surface area contributed by atoms with E-state index in [4.69, 9.17) is 14.5 Å². The number of fused-ring (bicyclic) bond motifs is 1. The molecule has 0 aliphatic rings. The van der Waals surface area contributed by atoms with Gasteiger partial charge in [-0.2, -0.15) is 0 Å². The molecule has 0 fully saturated rings. The van der Waals surface area contributed by atoms with E-state index in [0.29, 0.717) is 49.7 Å². The number of ether oxygens (including phenoxy) is 2. The minimum absolute atomic E-state index is 0.178. The highest BCUT2D eigenvalue weighted by Crippen LogP contribution is 2.25. The molecule has 0 spiro atoms. The molecule has 0 radical (unpaired) electrons. The highest BCUT2D eigenvalue weighted by atomic mass is 16.5. The fourth-order valence-electron chi connectivity index (χ4n) is 4.22. The zero-order chi connectivity index (χ0) is 25.5. The Morgan fingerprint density at radius 3 is 2.17 bits per heavy atom. The van der Waals surface area contributed by atoms with Crippen LogP contribution in [-0.4, -0.2) is 25.3 Å². The summed E-state index contributed by atoms with van der Waals surface area (Å²) in [7, 11) is 0. The van der Waals surface area contributed by atoms with Gasteiger partial charge >= 0.3 is 5.69 Å². The second-order valence-corrected chi connectivity index (χ2v) is 8.76. The third-order valence-corrected chi connectivity index (χ3v) is 5.94. The quantitative estimate of drug-likeness (QED) is 0.266. The van der Waals surface area contributed by atoms with Crippen LogP contribution in [0.15, 0.2) is 64.2 Å². The monoisotopic (exact) mass is 490 g/mol. The summed E-state index contributed by atoms with van der Waals surface area (Å²) in [5.74, 6) is 1.33. The van der Waals surface area contributed by atoms with Gasteiger partial charge < -0.3 is 9.47 Å². The van der Waals surface area contributed by atoms with Gasteiger partial charge in [0, 0.05) is 25.3 Å². The van der Waals surface area contributed by atoms with Crippen molar-refractivity contribution in [3.05, 3.63) is 81.0 Å². The first-order valence-electron chi connectivity index (χ1n) is 12.7. The van der Waals surface area contributed by atoms with Crippen LogP contribution in [0.5, 0.6) is 5.75 Å². The fraction of sp³-hybridized carbons (Fsp3) is 0.393. The number of imidazole rings is 1. The van der Waals surface area contributed by atoms with Crippen molar-refractivity contribution in [1.82, 2.24) is 18.7 Å². The summed E-state index contributed by atoms with van der Waals surface area (Å²) >= 11 is 0. The van der Waals surface area contributed by atoms with Crippen LogP contribution in [0.3, 0.4) is 0 Å². The standard InChI is InChI=1S/C28H34N4O4/c1-4-16-30-26-24(27(33)31(17-5-2)28(30)34)32(20-35-18-6-3)25(29-26)22-12-14-23(15-13-22)36-19-21-10-8-7-9-11-21/h7-15H,4-6,16-20H2,1-3H3. The normalized spacial score (nSPS) is 11.3. The summed E-state index contributed by atoms with van der Waals surface area (Å²) in [6.07, 6.45) is 2.29. The number of nitrogens with zero attached hydrogens (tertiary/aromatic N) is 4. The maximum absolute atomic E-state index is 13.5. The Labute approximate surface area is 210 Å². The Kier molecular flexibility index (Phi) is 8.38. The van der Waals surface area contributed by atoms with E-state index in [9.17, 15) is 9.59 Å². The van der Waals surface area contributed by atoms with E-state index in [-0.39, 0.29) is 18.0 Å². The predicted molar refractivity (Wildman–Crippen MR) is 141 cm³/mol. The molecule has 0 aliphatic heterocycles. The van der Waals surface area contributed by atoms with E-state index in [1.165, 1.54) is 4.57 Å². The number of aromatic nitrogens is 4. The van der Waals surface area contributed by atoms with Crippen molar-refractivity contribution < 1.29 is 9.47 Å². The smallest absolute Gasteiger partial charge is 0.332 e. The number of hydrogen-bond donors (Lipinski definition) is 0. The van der Waals surface area contributed by atoms with E-state index in [1.54, 1.807) is 9.13 Å². The minimum Gasteiger partial charge on any atom is -0.489 e. The van der Waals surface area contributed by atoms with E-state index in [1.807, 2.05) is 75.4 Å². The zero-order valence-corrected chi connectivity index (χ0v) is 21.3. The van der Waals surface area contributed by atoms with E-state index < -0.39 is 0 Å². The highest BCUT2D eigenvalue weighted by Gasteiger charge is 2.22. The molecule has 190 valence electrons. The summed E-state index contributed by atoms with van der Waals surface area (Å²) in [4.78, 5) is 31.5. The van der Waals surface area contributed by atoms with Gasteiger partial charge in [-0.15, -0.1) is 0 Å². The number of benzene rings is 2. The highest BCUT2D eigenvalue weighted by molar-refractivity contribution is 5.77. The fourth-order valence-corrected chi connectivity index (χ4v) is 4.22. The van der Waals surface area contributed by atoms with Crippen molar-refractivity contribution in [2.24, 2.45) is 0 Å². The van der Waals surface area contributed by atoms with Gasteiger partial charge in [-0.1, -0.05) is 51.1 Å². The molecule has 0 saturated heterocycles. The molecule has 4 aromatic rings. The number of hydrogen-bond acceptors (Lipinski definition) is 5. The Morgan fingerprint density at radius 1 is 0.806 bits per heavy atom. The van der Waals surface area contributed by atoms with Gasteiger partial charge in [0.25, 0.3) is 5.56 Å². The van der Waals surface area contributed by atoms with Crippen LogP contribution < -0.4 is 16.0 Å². The van der Waals surface area contributed by atoms with Crippen LogP contribution in [0.25, 0.3) is 22.6 Å². The molecule has 36 heavy (non-hydrogen) atoms. The molecule has 2 heterocycles. The third-order valence-electron chi connectivity index (χ3n) is 5.94. The lowest BCUT2D eigenvalue weighted by molar-refractivity contribution is 0.0809. The van der Waals surface area contributed by atoms with Crippen LogP contribution in [0.1, 0.15) is 45.6 Å². The minimum atomic E-state index is -0.328. The van der Waals surface area contributed by atoms with Crippen LogP contribution in [-0.2, 0) is 31.2 Å². The summed E-state index contributed by atoms with van der Waals surface area (Å²) in [5.41, 5.74) is 2.06. The molecule has 0 unspecified atom stereocenters. The Morgan fingerprint density at radius 2 is 1.50 bits per heavy atom. The van der Waals surface area contributed by atoms with Crippen molar-refractivity contribution in [3.8, 4) is 17.1 Å².